The summed E-state index contributed by atoms with van der Waals surface area (Å²) in [5, 5.41) is 7.56. The number of hydrogen-bond donors (Lipinski definition) is 0. The van der Waals surface area contributed by atoms with Gasteiger partial charge in [0.25, 0.3) is 5.56 Å². The van der Waals surface area contributed by atoms with E-state index in [2.05, 4.69) is 10.3 Å². The zero-order valence-electron chi connectivity index (χ0n) is 7.67. The van der Waals surface area contributed by atoms with Crippen molar-refractivity contribution in [3.8, 4) is 0 Å². The molecule has 2 aromatic heterocycles. The van der Waals surface area contributed by atoms with Crippen molar-refractivity contribution in [1.82, 2.24) is 14.9 Å². The average molecular weight is 191 g/mol. The summed E-state index contributed by atoms with van der Waals surface area (Å²) < 4.78 is 6.24. The maximum absolute atomic E-state index is 11.3. The molecule has 0 aliphatic rings. The van der Waals surface area contributed by atoms with Crippen LogP contribution in [0.15, 0.2) is 33.8 Å². The first-order valence-corrected chi connectivity index (χ1v) is 4.19. The quantitative estimate of drug-likeness (QED) is 0.696. The second-order valence-corrected chi connectivity index (χ2v) is 2.93. The molecule has 0 aromatic carbocycles. The summed E-state index contributed by atoms with van der Waals surface area (Å²) in [6.07, 6.45) is 3.17. The van der Waals surface area contributed by atoms with E-state index in [9.17, 15) is 4.79 Å². The van der Waals surface area contributed by atoms with Crippen molar-refractivity contribution in [1.29, 1.82) is 0 Å². The van der Waals surface area contributed by atoms with Crippen LogP contribution in [0.1, 0.15) is 11.3 Å². The highest BCUT2D eigenvalue weighted by molar-refractivity contribution is 5.11. The van der Waals surface area contributed by atoms with Crippen molar-refractivity contribution < 1.29 is 4.52 Å². The van der Waals surface area contributed by atoms with Crippen molar-refractivity contribution in [2.75, 3.05) is 0 Å². The van der Waals surface area contributed by atoms with E-state index in [4.69, 9.17) is 4.52 Å². The Morgan fingerprint density at radius 3 is 3.07 bits per heavy atom. The van der Waals surface area contributed by atoms with Crippen LogP contribution in [0.3, 0.4) is 0 Å². The average Bonchev–Trinajstić information content (AvgIpc) is 2.56. The van der Waals surface area contributed by atoms with Crippen LogP contribution in [0.4, 0.5) is 0 Å². The maximum atomic E-state index is 11.3. The van der Waals surface area contributed by atoms with E-state index in [1.165, 1.54) is 10.7 Å². The molecule has 0 fully saturated rings. The SMILES string of the molecule is Cc1oncc1Cn1ncccc1=O. The first-order chi connectivity index (χ1) is 6.77. The van der Waals surface area contributed by atoms with Crippen molar-refractivity contribution in [3.05, 3.63) is 46.2 Å². The lowest BCUT2D eigenvalue weighted by Gasteiger charge is -2.00. The van der Waals surface area contributed by atoms with Crippen LogP contribution in [0.25, 0.3) is 0 Å². The van der Waals surface area contributed by atoms with E-state index in [0.717, 1.165) is 5.56 Å². The Balaban J connectivity index is 2.32. The zero-order valence-corrected chi connectivity index (χ0v) is 7.67. The second kappa shape index (κ2) is 3.45. The highest BCUT2D eigenvalue weighted by Gasteiger charge is 2.04. The number of hydrogen-bond acceptors (Lipinski definition) is 4. The molecule has 0 saturated carbocycles. The van der Waals surface area contributed by atoms with E-state index in [0.29, 0.717) is 12.3 Å². The molecule has 2 rings (SSSR count). The number of nitrogens with zero attached hydrogens (tertiary/aromatic N) is 3. The molecule has 0 amide bonds. The molecule has 2 aromatic rings. The second-order valence-electron chi connectivity index (χ2n) is 2.93. The molecular weight excluding hydrogens is 182 g/mol. The topological polar surface area (TPSA) is 60.9 Å². The van der Waals surface area contributed by atoms with E-state index >= 15 is 0 Å². The first kappa shape index (κ1) is 8.68. The van der Waals surface area contributed by atoms with Crippen LogP contribution < -0.4 is 5.56 Å². The van der Waals surface area contributed by atoms with Crippen LogP contribution in [-0.2, 0) is 6.54 Å². The summed E-state index contributed by atoms with van der Waals surface area (Å²) in [5.74, 6) is 0.711. The van der Waals surface area contributed by atoms with Gasteiger partial charge in [-0.15, -0.1) is 0 Å². The monoisotopic (exact) mass is 191 g/mol. The van der Waals surface area contributed by atoms with Crippen molar-refractivity contribution in [2.45, 2.75) is 13.5 Å². The van der Waals surface area contributed by atoms with E-state index in [1.54, 1.807) is 25.4 Å². The third-order valence-electron chi connectivity index (χ3n) is 1.96. The van der Waals surface area contributed by atoms with Crippen LogP contribution in [0.2, 0.25) is 0 Å². The molecule has 0 radical (unpaired) electrons. The highest BCUT2D eigenvalue weighted by Crippen LogP contribution is 2.05. The van der Waals surface area contributed by atoms with Crippen molar-refractivity contribution in [2.24, 2.45) is 0 Å². The number of aryl methyl sites for hydroxylation is 1. The molecule has 5 heteroatoms. The van der Waals surface area contributed by atoms with Gasteiger partial charge in [0, 0.05) is 17.8 Å². The molecule has 0 aliphatic carbocycles. The van der Waals surface area contributed by atoms with E-state index < -0.39 is 0 Å². The van der Waals surface area contributed by atoms with Crippen LogP contribution in [-0.4, -0.2) is 14.9 Å². The Morgan fingerprint density at radius 1 is 1.57 bits per heavy atom. The Bertz CT molecular complexity index is 487. The Morgan fingerprint density at radius 2 is 2.43 bits per heavy atom. The molecule has 0 N–H and O–H groups in total. The maximum Gasteiger partial charge on any atom is 0.267 e. The molecular formula is C9H9N3O2. The van der Waals surface area contributed by atoms with Gasteiger partial charge in [0.1, 0.15) is 5.76 Å². The standard InChI is InChI=1S/C9H9N3O2/c1-7-8(5-11-14-7)6-12-9(13)3-2-4-10-12/h2-5H,6H2,1H3. The summed E-state index contributed by atoms with van der Waals surface area (Å²) in [4.78, 5) is 11.3. The molecule has 0 saturated heterocycles. The van der Waals surface area contributed by atoms with Gasteiger partial charge in [-0.3, -0.25) is 4.79 Å². The van der Waals surface area contributed by atoms with E-state index in [-0.39, 0.29) is 5.56 Å². The summed E-state index contributed by atoms with van der Waals surface area (Å²) in [6.45, 7) is 2.20. The van der Waals surface area contributed by atoms with E-state index in [1.807, 2.05) is 0 Å². The third-order valence-corrected chi connectivity index (χ3v) is 1.96. The fraction of sp³-hybridized carbons (Fsp3) is 0.222. The molecule has 0 aliphatic heterocycles. The van der Waals surface area contributed by atoms with Crippen molar-refractivity contribution in [3.63, 3.8) is 0 Å². The van der Waals surface area contributed by atoms with Crippen LogP contribution >= 0.6 is 0 Å². The van der Waals surface area contributed by atoms with Gasteiger partial charge < -0.3 is 4.52 Å². The van der Waals surface area contributed by atoms with Gasteiger partial charge in [-0.05, 0) is 13.0 Å². The summed E-state index contributed by atoms with van der Waals surface area (Å²) >= 11 is 0. The van der Waals surface area contributed by atoms with Crippen LogP contribution in [0.5, 0.6) is 0 Å². The number of aromatic nitrogens is 3. The molecule has 5 nitrogen and oxygen atoms in total. The smallest absolute Gasteiger partial charge is 0.267 e. The number of rotatable bonds is 2. The normalized spacial score (nSPS) is 10.4. The van der Waals surface area contributed by atoms with Gasteiger partial charge >= 0.3 is 0 Å². The third kappa shape index (κ3) is 1.56. The molecule has 2 heterocycles. The lowest BCUT2D eigenvalue weighted by atomic mass is 10.3. The minimum Gasteiger partial charge on any atom is -0.361 e. The largest absolute Gasteiger partial charge is 0.361 e. The lowest BCUT2D eigenvalue weighted by molar-refractivity contribution is 0.395. The fourth-order valence-corrected chi connectivity index (χ4v) is 1.14. The minimum absolute atomic E-state index is 0.131. The molecule has 0 spiro atoms. The Kier molecular flexibility index (Phi) is 2.14. The van der Waals surface area contributed by atoms with Crippen molar-refractivity contribution >= 4 is 0 Å². The summed E-state index contributed by atoms with van der Waals surface area (Å²) in [7, 11) is 0. The lowest BCUT2D eigenvalue weighted by Crippen LogP contribution is -2.21. The van der Waals surface area contributed by atoms with Crippen LogP contribution in [0, 0.1) is 6.92 Å². The molecule has 0 atom stereocenters. The molecule has 0 unspecified atom stereocenters. The minimum atomic E-state index is -0.131. The molecule has 0 bridgehead atoms. The van der Waals surface area contributed by atoms with Gasteiger partial charge in [-0.25, -0.2) is 4.68 Å². The predicted octanol–water partition coefficient (Wildman–Crippen LogP) is 0.588. The fourth-order valence-electron chi connectivity index (χ4n) is 1.14. The van der Waals surface area contributed by atoms with Gasteiger partial charge in [0.05, 0.1) is 12.7 Å². The molecule has 72 valence electrons. The van der Waals surface area contributed by atoms with Gasteiger partial charge in [0.15, 0.2) is 0 Å². The van der Waals surface area contributed by atoms with Gasteiger partial charge in [-0.2, -0.15) is 5.10 Å². The van der Waals surface area contributed by atoms with Gasteiger partial charge in [0.2, 0.25) is 0 Å². The first-order valence-electron chi connectivity index (χ1n) is 4.19. The predicted molar refractivity (Wildman–Crippen MR) is 48.8 cm³/mol. The van der Waals surface area contributed by atoms with Gasteiger partial charge in [-0.1, -0.05) is 5.16 Å². The Hall–Kier alpha value is -1.91. The Labute approximate surface area is 80.0 Å². The summed E-state index contributed by atoms with van der Waals surface area (Å²) in [6, 6.07) is 3.08. The summed E-state index contributed by atoms with van der Waals surface area (Å²) in [5.41, 5.74) is 0.735. The molecule has 14 heavy (non-hydrogen) atoms. The zero-order chi connectivity index (χ0) is 9.97. The highest BCUT2D eigenvalue weighted by atomic mass is 16.5.